The van der Waals surface area contributed by atoms with Crippen molar-refractivity contribution in [2.45, 2.75) is 19.3 Å². The quantitative estimate of drug-likeness (QED) is 0.185. The Bertz CT molecular complexity index is 2650. The fourth-order valence-electron chi connectivity index (χ4n) is 8.07. The first-order valence-corrected chi connectivity index (χ1v) is 16.0. The molecule has 0 fully saturated rings. The van der Waals surface area contributed by atoms with E-state index >= 15 is 0 Å². The van der Waals surface area contributed by atoms with Crippen molar-refractivity contribution in [3.63, 3.8) is 0 Å². The highest BCUT2D eigenvalue weighted by atomic mass is 16.5. The van der Waals surface area contributed by atoms with E-state index in [2.05, 4.69) is 122 Å². The fourth-order valence-corrected chi connectivity index (χ4v) is 8.07. The Labute approximate surface area is 271 Å². The minimum absolute atomic E-state index is 0.231. The molecule has 0 bridgehead atoms. The Morgan fingerprint density at radius 2 is 1.26 bits per heavy atom. The lowest BCUT2D eigenvalue weighted by Crippen LogP contribution is -2.15. The molecule has 1 aromatic heterocycles. The van der Waals surface area contributed by atoms with E-state index < -0.39 is 0 Å². The zero-order valence-corrected chi connectivity index (χ0v) is 25.9. The van der Waals surface area contributed by atoms with Crippen LogP contribution < -0.4 is 4.74 Å². The second-order valence-corrected chi connectivity index (χ2v) is 13.1. The number of nitrogens with zero attached hydrogens (tertiary/aromatic N) is 3. The highest BCUT2D eigenvalue weighted by Gasteiger charge is 2.36. The topological polar surface area (TPSA) is 50.8 Å². The molecule has 4 heteroatoms. The lowest BCUT2D eigenvalue weighted by Gasteiger charge is -2.24. The summed E-state index contributed by atoms with van der Waals surface area (Å²) in [5, 5.41) is 14.3. The minimum atomic E-state index is -0.231. The van der Waals surface area contributed by atoms with Crippen LogP contribution in [0.3, 0.4) is 0 Å². The predicted octanol–water partition coefficient (Wildman–Crippen LogP) is 10.9. The van der Waals surface area contributed by atoms with Crippen LogP contribution in [-0.4, -0.2) is 9.55 Å². The summed E-state index contributed by atoms with van der Waals surface area (Å²) in [6.07, 6.45) is 0. The van der Waals surface area contributed by atoms with Gasteiger partial charge in [-0.25, -0.2) is 4.98 Å². The molecule has 47 heavy (non-hydrogen) atoms. The summed E-state index contributed by atoms with van der Waals surface area (Å²) in [6, 6.07) is 47.1. The molecule has 2 heterocycles. The number of rotatable bonds is 2. The van der Waals surface area contributed by atoms with Crippen LogP contribution in [0.25, 0.3) is 71.9 Å². The van der Waals surface area contributed by atoms with Crippen molar-refractivity contribution in [2.75, 3.05) is 0 Å². The van der Waals surface area contributed by atoms with Crippen LogP contribution in [0.2, 0.25) is 0 Å². The maximum atomic E-state index is 9.63. The molecule has 0 N–H and O–H groups in total. The van der Waals surface area contributed by atoms with Crippen molar-refractivity contribution in [3.8, 4) is 56.9 Å². The Hall–Kier alpha value is -6.18. The first kappa shape index (κ1) is 26.1. The van der Waals surface area contributed by atoms with Gasteiger partial charge in [0.25, 0.3) is 0 Å². The van der Waals surface area contributed by atoms with E-state index in [-0.39, 0.29) is 5.41 Å². The zero-order chi connectivity index (χ0) is 31.4. The maximum absolute atomic E-state index is 9.63. The van der Waals surface area contributed by atoms with E-state index in [4.69, 9.17) is 9.72 Å². The van der Waals surface area contributed by atoms with Gasteiger partial charge >= 0.3 is 0 Å². The Morgan fingerprint density at radius 1 is 0.638 bits per heavy atom. The van der Waals surface area contributed by atoms with Crippen molar-refractivity contribution in [1.82, 2.24) is 9.55 Å². The Kier molecular flexibility index (Phi) is 5.10. The molecule has 2 aliphatic rings. The van der Waals surface area contributed by atoms with E-state index in [1.54, 1.807) is 0 Å². The Morgan fingerprint density at radius 3 is 1.98 bits per heavy atom. The molecule has 4 nitrogen and oxygen atoms in total. The van der Waals surface area contributed by atoms with E-state index in [1.165, 1.54) is 44.2 Å². The lowest BCUT2D eigenvalue weighted by molar-refractivity contribution is 0.476. The Balaban J connectivity index is 1.28. The molecule has 8 aromatic rings. The summed E-state index contributed by atoms with van der Waals surface area (Å²) in [7, 11) is 0. The van der Waals surface area contributed by atoms with Gasteiger partial charge in [-0.3, -0.25) is 4.57 Å². The van der Waals surface area contributed by atoms with Crippen molar-refractivity contribution in [3.05, 3.63) is 144 Å². The smallest absolute Gasteiger partial charge is 0.153 e. The van der Waals surface area contributed by atoms with Crippen molar-refractivity contribution >= 4 is 32.6 Å². The fraction of sp³-hybridized carbons (Fsp3) is 0.0698. The average molecular weight is 602 g/mol. The molecule has 7 aromatic carbocycles. The molecule has 0 radical (unpaired) electrons. The van der Waals surface area contributed by atoms with Gasteiger partial charge in [-0.05, 0) is 97.4 Å². The molecule has 1 aliphatic carbocycles. The van der Waals surface area contributed by atoms with Gasteiger partial charge in [0.05, 0.1) is 22.8 Å². The zero-order valence-electron chi connectivity index (χ0n) is 25.9. The number of hydrogen-bond donors (Lipinski definition) is 0. The van der Waals surface area contributed by atoms with E-state index in [9.17, 15) is 5.26 Å². The SMILES string of the molecule is CC1(C)c2cc(C#N)ccc2-c2ccc(-c3c4ccccc4c(-c4nc5cccc6c5n4-c4ccccc4O6)c4ccccc34)cc21. The number of hydrogen-bond acceptors (Lipinski definition) is 3. The number of aromatic nitrogens is 2. The van der Waals surface area contributed by atoms with Gasteiger partial charge in [0.1, 0.15) is 11.3 Å². The highest BCUT2D eigenvalue weighted by molar-refractivity contribution is 6.21. The molecule has 0 unspecified atom stereocenters. The minimum Gasteiger partial charge on any atom is -0.453 e. The monoisotopic (exact) mass is 601 g/mol. The third-order valence-corrected chi connectivity index (χ3v) is 10.2. The molecule has 0 spiro atoms. The van der Waals surface area contributed by atoms with Crippen LogP contribution in [-0.2, 0) is 5.41 Å². The van der Waals surface area contributed by atoms with Gasteiger partial charge < -0.3 is 4.74 Å². The molecular formula is C43H27N3O. The van der Waals surface area contributed by atoms with Gasteiger partial charge in [-0.15, -0.1) is 0 Å². The van der Waals surface area contributed by atoms with E-state index in [0.29, 0.717) is 5.56 Å². The van der Waals surface area contributed by atoms with Crippen LogP contribution in [0.4, 0.5) is 0 Å². The lowest BCUT2D eigenvalue weighted by atomic mass is 9.80. The summed E-state index contributed by atoms with van der Waals surface area (Å²) < 4.78 is 8.64. The second kappa shape index (κ2) is 9.19. The van der Waals surface area contributed by atoms with Gasteiger partial charge in [-0.2, -0.15) is 5.26 Å². The molecule has 0 saturated carbocycles. The summed E-state index contributed by atoms with van der Waals surface area (Å²) in [4.78, 5) is 5.32. The first-order valence-electron chi connectivity index (χ1n) is 16.0. The molecular weight excluding hydrogens is 574 g/mol. The number of benzene rings is 7. The predicted molar refractivity (Wildman–Crippen MR) is 189 cm³/mol. The molecule has 0 amide bonds. The second-order valence-electron chi connectivity index (χ2n) is 13.1. The van der Waals surface area contributed by atoms with Crippen LogP contribution in [0, 0.1) is 11.3 Å². The van der Waals surface area contributed by atoms with Crippen molar-refractivity contribution in [2.24, 2.45) is 0 Å². The van der Waals surface area contributed by atoms with Gasteiger partial charge in [0.15, 0.2) is 11.5 Å². The number of nitriles is 1. The number of fused-ring (bicyclic) bond motifs is 7. The van der Waals surface area contributed by atoms with Crippen LogP contribution in [0.15, 0.2) is 127 Å². The summed E-state index contributed by atoms with van der Waals surface area (Å²) in [5.41, 5.74) is 11.8. The molecule has 220 valence electrons. The largest absolute Gasteiger partial charge is 0.453 e. The van der Waals surface area contributed by atoms with Crippen molar-refractivity contribution in [1.29, 1.82) is 5.26 Å². The molecule has 10 rings (SSSR count). The third kappa shape index (κ3) is 3.43. The maximum Gasteiger partial charge on any atom is 0.153 e. The average Bonchev–Trinajstić information content (AvgIpc) is 3.60. The number of imidazole rings is 1. The summed E-state index contributed by atoms with van der Waals surface area (Å²) in [6.45, 7) is 4.54. The summed E-state index contributed by atoms with van der Waals surface area (Å²) in [5.74, 6) is 2.54. The van der Waals surface area contributed by atoms with Gasteiger partial charge in [0, 0.05) is 11.0 Å². The normalized spacial score (nSPS) is 13.6. The van der Waals surface area contributed by atoms with Gasteiger partial charge in [0.2, 0.25) is 0 Å². The standard InChI is InChI=1S/C43H27N3O/c1-43(2)33-22-25(24-44)18-20-27(33)28-21-19-26(23-34(28)43)39-29-10-3-5-12-31(29)40(32-13-6-4-11-30(32)39)42-45-35-14-9-17-38-41(35)46(42)36-15-7-8-16-37(36)47-38/h3-23H,1-2H3. The van der Waals surface area contributed by atoms with E-state index in [0.717, 1.165) is 50.4 Å². The number of ether oxygens (including phenoxy) is 1. The number of para-hydroxylation sites is 3. The van der Waals surface area contributed by atoms with Crippen molar-refractivity contribution < 1.29 is 4.74 Å². The van der Waals surface area contributed by atoms with Gasteiger partial charge in [-0.1, -0.05) is 98.8 Å². The van der Waals surface area contributed by atoms with Crippen LogP contribution in [0.5, 0.6) is 11.5 Å². The highest BCUT2D eigenvalue weighted by Crippen LogP contribution is 2.52. The van der Waals surface area contributed by atoms with Crippen LogP contribution >= 0.6 is 0 Å². The first-order chi connectivity index (χ1) is 23.0. The van der Waals surface area contributed by atoms with Crippen LogP contribution in [0.1, 0.15) is 30.5 Å². The third-order valence-electron chi connectivity index (χ3n) is 10.2. The van der Waals surface area contributed by atoms with E-state index in [1.807, 2.05) is 30.3 Å². The molecule has 0 atom stereocenters. The summed E-state index contributed by atoms with van der Waals surface area (Å²) >= 11 is 0. The molecule has 0 saturated heterocycles. The molecule has 1 aliphatic heterocycles.